The predicted octanol–water partition coefficient (Wildman–Crippen LogP) is 5.22. The number of nitrogens with one attached hydrogen (secondary N) is 2. The number of thiazole rings is 1. The van der Waals surface area contributed by atoms with Crippen LogP contribution in [0.4, 0.5) is 31.5 Å². The number of benzene rings is 3. The predicted molar refractivity (Wildman–Crippen MR) is 256 cm³/mol. The van der Waals surface area contributed by atoms with E-state index in [1.165, 1.54) is 27.2 Å². The molecule has 18 nitrogen and oxygen atoms in total. The van der Waals surface area contributed by atoms with Crippen molar-refractivity contribution in [3.05, 3.63) is 101 Å². The van der Waals surface area contributed by atoms with Crippen molar-refractivity contribution in [2.75, 3.05) is 65.8 Å². The second-order valence-corrected chi connectivity index (χ2v) is 19.5. The molecule has 8 heterocycles. The molecule has 3 aromatic heterocycles. The summed E-state index contributed by atoms with van der Waals surface area (Å²) in [4.78, 5) is 84.0. The summed E-state index contributed by atoms with van der Waals surface area (Å²) in [5.74, 6) is -1.28. The number of carbonyl (C=O) groups is 5. The van der Waals surface area contributed by atoms with Gasteiger partial charge < -0.3 is 29.3 Å². The Morgan fingerprint density at radius 3 is 2.46 bits per heavy atom. The summed E-state index contributed by atoms with van der Waals surface area (Å²) in [5.41, 5.74) is 4.75. The van der Waals surface area contributed by atoms with Crippen molar-refractivity contribution >= 4 is 74.2 Å². The molecule has 0 saturated carbocycles. The van der Waals surface area contributed by atoms with Gasteiger partial charge in [-0.2, -0.15) is 5.10 Å². The zero-order valence-electron chi connectivity index (χ0n) is 38.1. The SMILES string of the molecule is Cn1nc(N2CCC(=O)NC2=O)c2ccc(N3CCCC(O)(CC(=O)N4CCN(c5ccc(-c6cc(F)c7c(c6)C(=O)N(C(C(=O)Nc6nccs6)c6ncn8c6CCC8)C7)cc5)CC4)CC3)cc21. The zero-order valence-corrected chi connectivity index (χ0v) is 38.9. The van der Waals surface area contributed by atoms with E-state index in [1.54, 1.807) is 28.7 Å². The highest BCUT2D eigenvalue weighted by Gasteiger charge is 2.42. The van der Waals surface area contributed by atoms with E-state index in [0.29, 0.717) is 80.7 Å². The first-order valence-electron chi connectivity index (χ1n) is 23.5. The number of imidazole rings is 1. The third-order valence-electron chi connectivity index (χ3n) is 14.4. The lowest BCUT2D eigenvalue weighted by atomic mass is 9.90. The van der Waals surface area contributed by atoms with E-state index in [0.717, 1.165) is 52.9 Å². The third-order valence-corrected chi connectivity index (χ3v) is 15.1. The molecule has 6 aromatic rings. The average Bonchev–Trinajstić information content (AvgIpc) is 4.19. The van der Waals surface area contributed by atoms with Crippen molar-refractivity contribution in [3.8, 4) is 11.1 Å². The van der Waals surface area contributed by atoms with Gasteiger partial charge in [-0.1, -0.05) is 12.1 Å². The van der Waals surface area contributed by atoms with Crippen LogP contribution in [0.2, 0.25) is 0 Å². The van der Waals surface area contributed by atoms with Crippen molar-refractivity contribution in [1.82, 2.24) is 39.4 Å². The lowest BCUT2D eigenvalue weighted by molar-refractivity contribution is -0.137. The van der Waals surface area contributed by atoms with Gasteiger partial charge in [-0.25, -0.2) is 19.2 Å². The molecular formula is C49H51FN12O6S. The number of nitrogens with zero attached hydrogens (tertiary/aromatic N) is 10. The number of hydrogen-bond donors (Lipinski definition) is 3. The maximum Gasteiger partial charge on any atom is 0.329 e. The van der Waals surface area contributed by atoms with Crippen molar-refractivity contribution in [2.45, 2.75) is 69.7 Å². The molecule has 2 atom stereocenters. The fourth-order valence-corrected chi connectivity index (χ4v) is 11.2. The summed E-state index contributed by atoms with van der Waals surface area (Å²) in [6.45, 7) is 4.46. The molecule has 0 bridgehead atoms. The second kappa shape index (κ2) is 17.7. The standard InChI is InChI=1S/C49H51FN12O6S/c1-56-39-26-33(9-10-34(39)44(55-56)61-17-11-40(63)53-48(61)67)57-16-3-12-49(68,13-18-57)27-41(64)59-21-19-58(20-22-59)32-7-5-30(6-8-32)31-24-35-36(37(50)25-31)28-62(46(35)66)43(45(65)54-47-51-14-23-69-47)42-38-4-2-15-60(38)29-52-42/h5-10,14,23-26,29,43,68H,2-4,11-13,15-22,27-28H2,1H3,(H,51,54,65)(H,53,63,67). The smallest absolute Gasteiger partial charge is 0.329 e. The normalized spacial score (nSPS) is 20.0. The maximum absolute atomic E-state index is 16.0. The molecule has 3 N–H and O–H groups in total. The molecule has 20 heteroatoms. The molecule has 3 aromatic carbocycles. The van der Waals surface area contributed by atoms with Gasteiger partial charge in [0.2, 0.25) is 11.8 Å². The number of amides is 6. The number of rotatable bonds is 10. The summed E-state index contributed by atoms with van der Waals surface area (Å²) in [7, 11) is 1.82. The highest BCUT2D eigenvalue weighted by atomic mass is 32.1. The van der Waals surface area contributed by atoms with E-state index in [4.69, 9.17) is 0 Å². The fraction of sp³-hybridized carbons (Fsp3) is 0.388. The lowest BCUT2D eigenvalue weighted by Gasteiger charge is -2.38. The van der Waals surface area contributed by atoms with E-state index in [-0.39, 0.29) is 48.9 Å². The van der Waals surface area contributed by atoms with Crippen LogP contribution in [-0.2, 0) is 40.9 Å². The van der Waals surface area contributed by atoms with Crippen LogP contribution >= 0.6 is 11.3 Å². The Kier molecular flexibility index (Phi) is 11.4. The molecule has 11 rings (SSSR count). The number of hydrogen-bond acceptors (Lipinski definition) is 12. The van der Waals surface area contributed by atoms with Gasteiger partial charge in [-0.15, -0.1) is 11.3 Å². The molecule has 0 aliphatic carbocycles. The van der Waals surface area contributed by atoms with Crippen LogP contribution in [0.3, 0.4) is 0 Å². The number of urea groups is 1. The van der Waals surface area contributed by atoms with Crippen LogP contribution < -0.4 is 25.3 Å². The molecular weight excluding hydrogens is 904 g/mol. The largest absolute Gasteiger partial charge is 0.389 e. The Hall–Kier alpha value is -7.19. The van der Waals surface area contributed by atoms with Gasteiger partial charge in [0.25, 0.3) is 11.8 Å². The quantitative estimate of drug-likeness (QED) is 0.163. The number of aromatic nitrogens is 5. The summed E-state index contributed by atoms with van der Waals surface area (Å²) in [5, 5.41) is 24.6. The minimum absolute atomic E-state index is 0.0452. The number of aryl methyl sites for hydroxylation is 2. The molecule has 356 valence electrons. The Bertz CT molecular complexity index is 3020. The first-order chi connectivity index (χ1) is 33.4. The van der Waals surface area contributed by atoms with E-state index in [9.17, 15) is 29.1 Å². The van der Waals surface area contributed by atoms with Crippen molar-refractivity contribution in [1.29, 1.82) is 0 Å². The topological polar surface area (TPSA) is 194 Å². The average molecular weight is 955 g/mol. The maximum atomic E-state index is 16.0. The van der Waals surface area contributed by atoms with Crippen molar-refractivity contribution in [2.24, 2.45) is 7.05 Å². The lowest BCUT2D eigenvalue weighted by Crippen LogP contribution is -2.50. The number of halogens is 1. The van der Waals surface area contributed by atoms with Crippen molar-refractivity contribution < 1.29 is 33.5 Å². The van der Waals surface area contributed by atoms with E-state index in [2.05, 4.69) is 35.5 Å². The van der Waals surface area contributed by atoms with E-state index >= 15 is 4.39 Å². The molecule has 0 radical (unpaired) electrons. The molecule has 5 aliphatic heterocycles. The molecule has 3 fully saturated rings. The first-order valence-corrected chi connectivity index (χ1v) is 24.3. The Balaban J connectivity index is 0.706. The van der Waals surface area contributed by atoms with Gasteiger partial charge in [0, 0.05) is 111 Å². The third kappa shape index (κ3) is 8.34. The molecule has 2 unspecified atom stereocenters. The van der Waals surface area contributed by atoms with Crippen LogP contribution in [0.5, 0.6) is 0 Å². The van der Waals surface area contributed by atoms with Gasteiger partial charge in [0.15, 0.2) is 17.0 Å². The summed E-state index contributed by atoms with van der Waals surface area (Å²) >= 11 is 1.27. The second-order valence-electron chi connectivity index (χ2n) is 18.6. The number of anilines is 4. The Morgan fingerprint density at radius 1 is 0.884 bits per heavy atom. The highest BCUT2D eigenvalue weighted by molar-refractivity contribution is 7.13. The molecule has 0 spiro atoms. The Morgan fingerprint density at radius 2 is 1.68 bits per heavy atom. The van der Waals surface area contributed by atoms with Gasteiger partial charge in [0.1, 0.15) is 5.82 Å². The number of piperazine rings is 1. The number of fused-ring (bicyclic) bond motifs is 3. The van der Waals surface area contributed by atoms with Crippen LogP contribution in [-0.4, -0.2) is 120 Å². The zero-order chi connectivity index (χ0) is 47.6. The first kappa shape index (κ1) is 44.3. The van der Waals surface area contributed by atoms with Gasteiger partial charge in [0.05, 0.1) is 36.1 Å². The monoisotopic (exact) mass is 954 g/mol. The van der Waals surface area contributed by atoms with Gasteiger partial charge >= 0.3 is 6.03 Å². The fourth-order valence-electron chi connectivity index (χ4n) is 10.6. The highest BCUT2D eigenvalue weighted by Crippen LogP contribution is 2.39. The number of aliphatic hydroxyl groups is 1. The Labute approximate surface area is 400 Å². The van der Waals surface area contributed by atoms with E-state index in [1.807, 2.05) is 59.0 Å². The molecule has 5 aliphatic rings. The molecule has 3 saturated heterocycles. The summed E-state index contributed by atoms with van der Waals surface area (Å²) < 4.78 is 19.7. The molecule has 6 amide bonds. The minimum Gasteiger partial charge on any atom is -0.389 e. The van der Waals surface area contributed by atoms with Gasteiger partial charge in [-0.3, -0.25) is 39.4 Å². The van der Waals surface area contributed by atoms with Gasteiger partial charge in [-0.05, 0) is 85.7 Å². The molecule has 69 heavy (non-hydrogen) atoms. The van der Waals surface area contributed by atoms with Crippen LogP contribution in [0.25, 0.3) is 22.0 Å². The number of carbonyl (C=O) groups excluding carboxylic acids is 5. The van der Waals surface area contributed by atoms with Crippen LogP contribution in [0.1, 0.15) is 71.9 Å². The summed E-state index contributed by atoms with van der Waals surface area (Å²) in [6.07, 6.45) is 6.82. The van der Waals surface area contributed by atoms with E-state index < -0.39 is 35.3 Å². The summed E-state index contributed by atoms with van der Waals surface area (Å²) in [6, 6.07) is 15.3. The van der Waals surface area contributed by atoms with Crippen molar-refractivity contribution in [3.63, 3.8) is 0 Å². The number of imide groups is 1. The minimum atomic E-state index is -1.14. The van der Waals surface area contributed by atoms with Crippen LogP contribution in [0.15, 0.2) is 72.5 Å². The van der Waals surface area contributed by atoms with Crippen LogP contribution in [0, 0.1) is 5.82 Å².